The maximum atomic E-state index is 12.6. The third-order valence-corrected chi connectivity index (χ3v) is 6.03. The maximum absolute atomic E-state index is 12.6. The van der Waals surface area contributed by atoms with Crippen LogP contribution in [-0.4, -0.2) is 29.1 Å². The fraction of sp³-hybridized carbons (Fsp3) is 0.500. The monoisotopic (exact) mass is 382 g/mol. The highest BCUT2D eigenvalue weighted by atomic mass is 16.5. The summed E-state index contributed by atoms with van der Waals surface area (Å²) in [5.74, 6) is -0.0455. The molecule has 1 N–H and O–H groups in total. The van der Waals surface area contributed by atoms with Crippen molar-refractivity contribution >= 4 is 11.8 Å². The van der Waals surface area contributed by atoms with E-state index in [1.807, 2.05) is 37.3 Å². The lowest BCUT2D eigenvalue weighted by molar-refractivity contribution is -0.137. The number of benzene rings is 1. The smallest absolute Gasteiger partial charge is 0.303 e. The first-order valence-corrected chi connectivity index (χ1v) is 10.4. The third-order valence-electron chi connectivity index (χ3n) is 6.03. The Hall–Kier alpha value is -2.20. The normalized spacial score (nSPS) is 27.6. The summed E-state index contributed by atoms with van der Waals surface area (Å²) in [6, 6.07) is 9.88. The molecule has 1 aromatic carbocycles. The summed E-state index contributed by atoms with van der Waals surface area (Å²) in [7, 11) is 0. The summed E-state index contributed by atoms with van der Waals surface area (Å²) in [6.45, 7) is 1.96. The van der Waals surface area contributed by atoms with Gasteiger partial charge in [0.25, 0.3) is 0 Å². The topological polar surface area (TPSA) is 63.6 Å². The number of hydrogen-bond donors (Lipinski definition) is 1. The van der Waals surface area contributed by atoms with Gasteiger partial charge in [0.15, 0.2) is 5.78 Å². The Morgan fingerprint density at radius 1 is 1.18 bits per heavy atom. The van der Waals surface area contributed by atoms with Gasteiger partial charge in [0, 0.05) is 18.3 Å². The van der Waals surface area contributed by atoms with Crippen LogP contribution in [0.3, 0.4) is 0 Å². The molecule has 1 unspecified atom stereocenters. The van der Waals surface area contributed by atoms with Gasteiger partial charge >= 0.3 is 5.97 Å². The van der Waals surface area contributed by atoms with Gasteiger partial charge in [-0.2, -0.15) is 0 Å². The minimum absolute atomic E-state index is 0.135. The molecule has 2 fully saturated rings. The van der Waals surface area contributed by atoms with Crippen molar-refractivity contribution in [3.63, 3.8) is 0 Å². The number of ketones is 1. The Bertz CT molecular complexity index is 721. The number of hydrogen-bond acceptors (Lipinski definition) is 3. The van der Waals surface area contributed by atoms with E-state index in [2.05, 4.69) is 18.2 Å². The quantitative estimate of drug-likeness (QED) is 0.355. The molecule has 2 saturated heterocycles. The van der Waals surface area contributed by atoms with Crippen molar-refractivity contribution in [2.45, 2.75) is 63.6 Å². The van der Waals surface area contributed by atoms with Gasteiger partial charge < -0.3 is 9.84 Å². The Morgan fingerprint density at radius 2 is 1.93 bits per heavy atom. The molecule has 0 aliphatic carbocycles. The number of aliphatic carboxylic acids is 1. The van der Waals surface area contributed by atoms with Crippen LogP contribution in [0.25, 0.3) is 0 Å². The minimum Gasteiger partial charge on any atom is -0.481 e. The molecule has 4 nitrogen and oxygen atoms in total. The van der Waals surface area contributed by atoms with E-state index in [0.717, 1.165) is 31.2 Å². The molecule has 5 atom stereocenters. The largest absolute Gasteiger partial charge is 0.481 e. The molecule has 2 aliphatic rings. The molecule has 0 saturated carbocycles. The molecule has 2 aliphatic heterocycles. The molecule has 2 heterocycles. The van der Waals surface area contributed by atoms with Crippen LogP contribution in [0.4, 0.5) is 0 Å². The number of carboxylic acid groups (broad SMARTS) is 1. The molecule has 0 amide bonds. The maximum Gasteiger partial charge on any atom is 0.303 e. The van der Waals surface area contributed by atoms with E-state index >= 15 is 0 Å². The summed E-state index contributed by atoms with van der Waals surface area (Å²) in [4.78, 5) is 23.2. The fourth-order valence-corrected chi connectivity index (χ4v) is 4.39. The Balaban J connectivity index is 1.55. The zero-order valence-corrected chi connectivity index (χ0v) is 16.5. The Morgan fingerprint density at radius 3 is 2.68 bits per heavy atom. The average molecular weight is 383 g/mol. The average Bonchev–Trinajstić information content (AvgIpc) is 3.30. The number of allylic oxidation sites excluding steroid dienone is 3. The molecule has 1 aromatic rings. The van der Waals surface area contributed by atoms with Gasteiger partial charge in [-0.1, -0.05) is 55.5 Å². The highest BCUT2D eigenvalue weighted by Gasteiger charge is 2.46. The first-order valence-electron chi connectivity index (χ1n) is 10.4. The van der Waals surface area contributed by atoms with Crippen LogP contribution in [0, 0.1) is 11.8 Å². The highest BCUT2D eigenvalue weighted by Crippen LogP contribution is 2.45. The molecule has 150 valence electrons. The van der Waals surface area contributed by atoms with E-state index in [1.165, 1.54) is 0 Å². The summed E-state index contributed by atoms with van der Waals surface area (Å²) in [5.41, 5.74) is 1.04. The van der Waals surface area contributed by atoms with Crippen LogP contribution in [0.1, 0.15) is 56.9 Å². The lowest BCUT2D eigenvalue weighted by Crippen LogP contribution is -2.25. The number of rotatable bonds is 10. The van der Waals surface area contributed by atoms with Crippen LogP contribution >= 0.6 is 0 Å². The number of unbranched alkanes of at least 4 members (excludes halogenated alkanes) is 1. The van der Waals surface area contributed by atoms with Crippen molar-refractivity contribution in [1.82, 2.24) is 0 Å². The van der Waals surface area contributed by atoms with Gasteiger partial charge in [-0.05, 0) is 49.7 Å². The van der Waals surface area contributed by atoms with E-state index in [0.29, 0.717) is 12.3 Å². The van der Waals surface area contributed by atoms with Crippen molar-refractivity contribution in [3.05, 3.63) is 60.2 Å². The van der Waals surface area contributed by atoms with Crippen molar-refractivity contribution in [2.24, 2.45) is 11.8 Å². The number of carbonyl (C=O) groups excluding carboxylic acids is 1. The molecule has 2 bridgehead atoms. The molecule has 0 spiro atoms. The molecule has 0 radical (unpaired) electrons. The summed E-state index contributed by atoms with van der Waals surface area (Å²) < 4.78 is 6.11. The Kier molecular flexibility index (Phi) is 7.21. The minimum atomic E-state index is -0.741. The second-order valence-corrected chi connectivity index (χ2v) is 7.92. The van der Waals surface area contributed by atoms with E-state index < -0.39 is 5.97 Å². The molecular formula is C24H30O4. The number of fused-ring (bicyclic) bond motifs is 2. The van der Waals surface area contributed by atoms with E-state index in [9.17, 15) is 9.59 Å². The summed E-state index contributed by atoms with van der Waals surface area (Å²) in [6.07, 6.45) is 13.4. The third kappa shape index (κ3) is 5.20. The molecular weight excluding hydrogens is 352 g/mol. The van der Waals surface area contributed by atoms with Gasteiger partial charge in [-0.3, -0.25) is 9.59 Å². The van der Waals surface area contributed by atoms with E-state index in [-0.39, 0.29) is 36.2 Å². The Labute approximate surface area is 167 Å². The van der Waals surface area contributed by atoms with E-state index in [1.54, 1.807) is 6.08 Å². The van der Waals surface area contributed by atoms with Crippen LogP contribution in [0.2, 0.25) is 0 Å². The van der Waals surface area contributed by atoms with Gasteiger partial charge in [0.05, 0.1) is 12.2 Å². The summed E-state index contributed by atoms with van der Waals surface area (Å²) >= 11 is 0. The first-order chi connectivity index (χ1) is 13.6. The highest BCUT2D eigenvalue weighted by molar-refractivity contribution is 5.95. The predicted molar refractivity (Wildman–Crippen MR) is 109 cm³/mol. The molecule has 28 heavy (non-hydrogen) atoms. The van der Waals surface area contributed by atoms with Crippen molar-refractivity contribution in [1.29, 1.82) is 0 Å². The fourth-order valence-electron chi connectivity index (χ4n) is 4.39. The zero-order chi connectivity index (χ0) is 19.9. The molecule has 0 aromatic heterocycles. The number of ether oxygens (including phenoxy) is 1. The van der Waals surface area contributed by atoms with Gasteiger partial charge in [-0.25, -0.2) is 0 Å². The van der Waals surface area contributed by atoms with Crippen molar-refractivity contribution in [3.8, 4) is 0 Å². The van der Waals surface area contributed by atoms with Crippen molar-refractivity contribution < 1.29 is 19.4 Å². The SMILES string of the molecule is CC(C(=O)/C=C/[C@H]1[C@H](C/C=C\CCCC(=O)O)[C@H]2CC[C@@H]1O2)c1ccccc1. The van der Waals surface area contributed by atoms with E-state index in [4.69, 9.17) is 9.84 Å². The van der Waals surface area contributed by atoms with Crippen LogP contribution in [0.5, 0.6) is 0 Å². The second-order valence-electron chi connectivity index (χ2n) is 7.92. The van der Waals surface area contributed by atoms with Gasteiger partial charge in [0.1, 0.15) is 0 Å². The molecule has 3 rings (SSSR count). The van der Waals surface area contributed by atoms with Crippen LogP contribution in [-0.2, 0) is 14.3 Å². The lowest BCUT2D eigenvalue weighted by Gasteiger charge is -2.24. The van der Waals surface area contributed by atoms with Crippen LogP contribution < -0.4 is 0 Å². The summed E-state index contributed by atoms with van der Waals surface area (Å²) in [5, 5.41) is 8.69. The number of carboxylic acids is 1. The van der Waals surface area contributed by atoms with Gasteiger partial charge in [0.2, 0.25) is 0 Å². The van der Waals surface area contributed by atoms with Gasteiger partial charge in [-0.15, -0.1) is 0 Å². The van der Waals surface area contributed by atoms with Crippen LogP contribution in [0.15, 0.2) is 54.6 Å². The molecule has 4 heteroatoms. The lowest BCUT2D eigenvalue weighted by atomic mass is 9.77. The van der Waals surface area contributed by atoms with Crippen molar-refractivity contribution in [2.75, 3.05) is 0 Å². The number of carbonyl (C=O) groups is 2. The predicted octanol–water partition coefficient (Wildman–Crippen LogP) is 4.91. The zero-order valence-electron chi connectivity index (χ0n) is 16.5. The first kappa shape index (κ1) is 20.5. The standard InChI is InChI=1S/C24H30O4/c1-17(18-9-5-4-6-10-18)21(25)14-13-20-19(22-15-16-23(20)28-22)11-7-2-3-8-12-24(26)27/h2,4-7,9-10,13-14,17,19-20,22-23H,3,8,11-12,15-16H2,1H3,(H,26,27)/b7-2-,14-13+/t17?,19-,20-,22+,23-/m0/s1. The second kappa shape index (κ2) is 9.83.